The van der Waals surface area contributed by atoms with Crippen molar-refractivity contribution >= 4 is 5.91 Å². The second-order valence-corrected chi connectivity index (χ2v) is 10.9. The van der Waals surface area contributed by atoms with Crippen LogP contribution in [0.3, 0.4) is 0 Å². The van der Waals surface area contributed by atoms with E-state index in [9.17, 15) is 27.5 Å². The maximum atomic E-state index is 14.7. The Hall–Kier alpha value is -2.72. The van der Waals surface area contributed by atoms with Crippen LogP contribution in [0.4, 0.5) is 17.6 Å². The summed E-state index contributed by atoms with van der Waals surface area (Å²) in [5, 5.41) is 9.63. The lowest BCUT2D eigenvalue weighted by Crippen LogP contribution is -2.53. The van der Waals surface area contributed by atoms with Gasteiger partial charge in [-0.2, -0.15) is 13.2 Å². The average Bonchev–Trinajstić information content (AvgIpc) is 3.31. The van der Waals surface area contributed by atoms with Gasteiger partial charge in [0.25, 0.3) is 5.91 Å². The molecule has 3 fully saturated rings. The minimum Gasteiger partial charge on any atom is -0.477 e. The van der Waals surface area contributed by atoms with Gasteiger partial charge in [-0.15, -0.1) is 0 Å². The molecule has 1 unspecified atom stereocenters. The Morgan fingerprint density at radius 2 is 1.82 bits per heavy atom. The number of pyridine rings is 1. The first kappa shape index (κ1) is 26.9. The number of hydrogen-bond donors (Lipinski definition) is 1. The third kappa shape index (κ3) is 5.66. The fourth-order valence-corrected chi connectivity index (χ4v) is 5.68. The molecular formula is C28H33F4N3O3. The van der Waals surface area contributed by atoms with Crippen LogP contribution in [0.25, 0.3) is 11.1 Å². The Balaban J connectivity index is 1.11. The van der Waals surface area contributed by atoms with Crippen LogP contribution in [-0.2, 0) is 0 Å². The van der Waals surface area contributed by atoms with Crippen LogP contribution in [0.2, 0.25) is 0 Å². The Bertz CT molecular complexity index is 1130. The van der Waals surface area contributed by atoms with E-state index in [0.717, 1.165) is 12.8 Å². The van der Waals surface area contributed by atoms with Gasteiger partial charge in [0, 0.05) is 37.5 Å². The quantitative estimate of drug-likeness (QED) is 0.510. The molecule has 0 radical (unpaired) electrons. The summed E-state index contributed by atoms with van der Waals surface area (Å²) in [6, 6.07) is 7.90. The lowest BCUT2D eigenvalue weighted by Gasteiger charge is -2.47. The molecule has 1 N–H and O–H groups in total. The van der Waals surface area contributed by atoms with Crippen molar-refractivity contribution in [1.29, 1.82) is 0 Å². The van der Waals surface area contributed by atoms with E-state index < -0.39 is 29.4 Å². The molecule has 1 amide bonds. The highest BCUT2D eigenvalue weighted by Crippen LogP contribution is 2.53. The summed E-state index contributed by atoms with van der Waals surface area (Å²) in [7, 11) is 0. The number of ether oxygens (including phenoxy) is 1. The Kier molecular flexibility index (Phi) is 7.64. The van der Waals surface area contributed by atoms with E-state index in [-0.39, 0.29) is 37.4 Å². The van der Waals surface area contributed by atoms with Gasteiger partial charge < -0.3 is 19.6 Å². The molecule has 6 nitrogen and oxygen atoms in total. The van der Waals surface area contributed by atoms with Gasteiger partial charge in [-0.05, 0) is 74.9 Å². The third-order valence-corrected chi connectivity index (χ3v) is 8.33. The molecule has 1 aromatic carbocycles. The van der Waals surface area contributed by atoms with Crippen molar-refractivity contribution in [2.24, 2.45) is 11.3 Å². The average molecular weight is 536 g/mol. The molecule has 1 aliphatic carbocycles. The van der Waals surface area contributed by atoms with Crippen LogP contribution < -0.4 is 4.74 Å². The minimum absolute atomic E-state index is 0.0249. The summed E-state index contributed by atoms with van der Waals surface area (Å²) < 4.78 is 61.0. The molecule has 1 aromatic heterocycles. The molecule has 5 rings (SSSR count). The second kappa shape index (κ2) is 10.8. The van der Waals surface area contributed by atoms with Crippen molar-refractivity contribution in [1.82, 2.24) is 14.8 Å². The van der Waals surface area contributed by atoms with Crippen LogP contribution in [0.1, 0.15) is 48.9 Å². The summed E-state index contributed by atoms with van der Waals surface area (Å²) in [6.07, 6.45) is 0.0718. The van der Waals surface area contributed by atoms with Crippen molar-refractivity contribution < 1.29 is 32.2 Å². The number of aliphatic hydroxyl groups excluding tert-OH is 1. The molecule has 1 saturated carbocycles. The van der Waals surface area contributed by atoms with Gasteiger partial charge in [0.2, 0.25) is 5.88 Å². The Labute approximate surface area is 219 Å². The number of carbonyl (C=O) groups is 1. The first-order chi connectivity index (χ1) is 18.1. The van der Waals surface area contributed by atoms with E-state index in [0.29, 0.717) is 56.1 Å². The van der Waals surface area contributed by atoms with Gasteiger partial charge in [0.15, 0.2) is 0 Å². The topological polar surface area (TPSA) is 65.9 Å². The number of carbonyl (C=O) groups excluding carboxylic acids is 1. The number of piperidine rings is 1. The molecule has 2 aromatic rings. The zero-order chi connectivity index (χ0) is 26.9. The second-order valence-electron chi connectivity index (χ2n) is 10.9. The van der Waals surface area contributed by atoms with Crippen molar-refractivity contribution in [2.45, 2.75) is 50.8 Å². The van der Waals surface area contributed by atoms with Gasteiger partial charge in [0.1, 0.15) is 5.82 Å². The van der Waals surface area contributed by atoms with Gasteiger partial charge in [-0.3, -0.25) is 4.79 Å². The van der Waals surface area contributed by atoms with Gasteiger partial charge in [-0.25, -0.2) is 9.37 Å². The molecule has 2 saturated heterocycles. The van der Waals surface area contributed by atoms with Crippen molar-refractivity contribution in [3.05, 3.63) is 47.9 Å². The third-order valence-electron chi connectivity index (χ3n) is 8.33. The van der Waals surface area contributed by atoms with Crippen LogP contribution in [0.5, 0.6) is 5.88 Å². The number of rotatable bonds is 7. The number of amides is 1. The predicted octanol–water partition coefficient (Wildman–Crippen LogP) is 4.92. The maximum Gasteiger partial charge on any atom is 0.395 e. The zero-order valence-electron chi connectivity index (χ0n) is 21.2. The standard InChI is InChI=1S/C28H33F4N3O3/c29-24-14-20(2-4-23(24)26(37)35-13-8-22(36)16-35)21-3-5-25(33-15-21)38-17-19-6-11-34(12-7-19)18-27(9-1-10-27)28(30,31)32/h2-5,14-15,19,22,36H,1,6-13,16-18H2. The van der Waals surface area contributed by atoms with Gasteiger partial charge in [0.05, 0.1) is 23.7 Å². The number of aromatic nitrogens is 1. The fraction of sp³-hybridized carbons (Fsp3) is 0.571. The molecule has 38 heavy (non-hydrogen) atoms. The normalized spacial score (nSPS) is 22.3. The summed E-state index contributed by atoms with van der Waals surface area (Å²) >= 11 is 0. The van der Waals surface area contributed by atoms with Crippen molar-refractivity contribution in [2.75, 3.05) is 39.3 Å². The molecule has 2 aliphatic heterocycles. The monoisotopic (exact) mass is 535 g/mol. The van der Waals surface area contributed by atoms with E-state index in [1.165, 1.54) is 17.0 Å². The van der Waals surface area contributed by atoms with E-state index in [1.807, 2.05) is 4.90 Å². The largest absolute Gasteiger partial charge is 0.477 e. The molecule has 0 spiro atoms. The number of hydrogen-bond acceptors (Lipinski definition) is 5. The fourth-order valence-electron chi connectivity index (χ4n) is 5.68. The summed E-state index contributed by atoms with van der Waals surface area (Å²) in [5.74, 6) is -0.367. The van der Waals surface area contributed by atoms with Crippen LogP contribution in [0.15, 0.2) is 36.5 Å². The lowest BCUT2D eigenvalue weighted by atomic mass is 9.67. The molecule has 1 atom stereocenters. The van der Waals surface area contributed by atoms with E-state index in [4.69, 9.17) is 4.74 Å². The van der Waals surface area contributed by atoms with Crippen LogP contribution >= 0.6 is 0 Å². The number of halogens is 4. The highest BCUT2D eigenvalue weighted by atomic mass is 19.4. The molecule has 3 heterocycles. The Morgan fingerprint density at radius 3 is 2.37 bits per heavy atom. The molecule has 10 heteroatoms. The Morgan fingerprint density at radius 1 is 1.08 bits per heavy atom. The maximum absolute atomic E-state index is 14.7. The van der Waals surface area contributed by atoms with Gasteiger partial charge in [-0.1, -0.05) is 12.5 Å². The summed E-state index contributed by atoms with van der Waals surface area (Å²) in [5.41, 5.74) is -0.286. The van der Waals surface area contributed by atoms with Gasteiger partial charge >= 0.3 is 6.18 Å². The zero-order valence-corrected chi connectivity index (χ0v) is 21.2. The minimum atomic E-state index is -4.13. The number of nitrogens with zero attached hydrogens (tertiary/aromatic N) is 3. The van der Waals surface area contributed by atoms with Crippen molar-refractivity contribution in [3.63, 3.8) is 0 Å². The first-order valence-corrected chi connectivity index (χ1v) is 13.3. The van der Waals surface area contributed by atoms with E-state index in [1.54, 1.807) is 24.4 Å². The molecular weight excluding hydrogens is 502 g/mol. The number of β-amino-alcohol motifs (C(OH)–C–C–N with tert-alkyl or cyclic N) is 1. The number of alkyl halides is 3. The molecule has 3 aliphatic rings. The molecule has 206 valence electrons. The van der Waals surface area contributed by atoms with Crippen LogP contribution in [-0.4, -0.2) is 77.4 Å². The smallest absolute Gasteiger partial charge is 0.395 e. The SMILES string of the molecule is O=C(c1ccc(-c2ccc(OCC3CCN(CC4(C(F)(F)F)CCC4)CC3)nc2)cc1F)N1CCC(O)C1. The summed E-state index contributed by atoms with van der Waals surface area (Å²) in [4.78, 5) is 20.3. The number of benzene rings is 1. The number of likely N-dealkylation sites (tertiary alicyclic amines) is 2. The first-order valence-electron chi connectivity index (χ1n) is 13.3. The van der Waals surface area contributed by atoms with E-state index >= 15 is 0 Å². The lowest BCUT2D eigenvalue weighted by molar-refractivity contribution is -0.256. The van der Waals surface area contributed by atoms with E-state index in [2.05, 4.69) is 4.98 Å². The van der Waals surface area contributed by atoms with Crippen LogP contribution in [0, 0.1) is 17.2 Å². The highest BCUT2D eigenvalue weighted by Gasteiger charge is 2.58. The highest BCUT2D eigenvalue weighted by molar-refractivity contribution is 5.95. The predicted molar refractivity (Wildman–Crippen MR) is 133 cm³/mol. The molecule has 0 bridgehead atoms. The summed E-state index contributed by atoms with van der Waals surface area (Å²) in [6.45, 7) is 2.44. The van der Waals surface area contributed by atoms with Crippen molar-refractivity contribution in [3.8, 4) is 17.0 Å². The number of aliphatic hydroxyl groups is 1.